The Morgan fingerprint density at radius 2 is 1.75 bits per heavy atom. The Morgan fingerprint density at radius 1 is 1.07 bits per heavy atom. The number of nitrogens with zero attached hydrogens (tertiary/aromatic N) is 2. The minimum atomic E-state index is -4.93. The zero-order chi connectivity index (χ0) is 21.1. The third-order valence-electron chi connectivity index (χ3n) is 3.75. The third-order valence-corrected chi connectivity index (χ3v) is 3.75. The molecule has 28 heavy (non-hydrogen) atoms. The molecule has 0 aliphatic carbocycles. The largest absolute Gasteiger partial charge is 0.496 e. The van der Waals surface area contributed by atoms with Crippen molar-refractivity contribution in [3.8, 4) is 17.6 Å². The molecule has 0 bridgehead atoms. The van der Waals surface area contributed by atoms with Gasteiger partial charge in [-0.25, -0.2) is 4.79 Å². The second-order valence-electron chi connectivity index (χ2n) is 5.33. The van der Waals surface area contributed by atoms with Gasteiger partial charge < -0.3 is 24.1 Å². The van der Waals surface area contributed by atoms with Crippen molar-refractivity contribution in [1.29, 1.82) is 0 Å². The standard InChI is InChI=1S/C17H17F3N2O6/c1-25-10-6-5-8(7-9(10)15(24)27-3)12(23)11-13(17(18,19)20)21-16(28-4)22-14(11)26-2/h5-7,12,23H,1-4H3. The minimum Gasteiger partial charge on any atom is -0.496 e. The molecule has 0 radical (unpaired) electrons. The Hall–Kier alpha value is -3.08. The molecule has 1 aromatic carbocycles. The van der Waals surface area contributed by atoms with Crippen molar-refractivity contribution >= 4 is 5.97 Å². The number of aliphatic hydroxyl groups is 1. The van der Waals surface area contributed by atoms with Crippen LogP contribution in [0.1, 0.15) is 33.3 Å². The van der Waals surface area contributed by atoms with Crippen molar-refractivity contribution in [1.82, 2.24) is 9.97 Å². The summed E-state index contributed by atoms with van der Waals surface area (Å²) in [7, 11) is 4.62. The van der Waals surface area contributed by atoms with E-state index >= 15 is 0 Å². The van der Waals surface area contributed by atoms with Gasteiger partial charge in [0.15, 0.2) is 5.69 Å². The van der Waals surface area contributed by atoms with Crippen molar-refractivity contribution in [2.24, 2.45) is 0 Å². The van der Waals surface area contributed by atoms with E-state index in [0.717, 1.165) is 27.4 Å². The Kier molecular flexibility index (Phi) is 6.29. The van der Waals surface area contributed by atoms with Crippen LogP contribution >= 0.6 is 0 Å². The SMILES string of the molecule is COC(=O)c1cc(C(O)c2c(OC)nc(OC)nc2C(F)(F)F)ccc1OC. The maximum atomic E-state index is 13.5. The number of hydrogen-bond acceptors (Lipinski definition) is 8. The molecule has 0 saturated heterocycles. The van der Waals surface area contributed by atoms with E-state index < -0.39 is 41.4 Å². The number of methoxy groups -OCH3 is 4. The number of hydrogen-bond donors (Lipinski definition) is 1. The van der Waals surface area contributed by atoms with Crippen LogP contribution in [0.15, 0.2) is 18.2 Å². The highest BCUT2D eigenvalue weighted by Crippen LogP contribution is 2.41. The quantitative estimate of drug-likeness (QED) is 0.736. The van der Waals surface area contributed by atoms with Crippen LogP contribution in [0.25, 0.3) is 0 Å². The molecule has 1 N–H and O–H groups in total. The zero-order valence-electron chi connectivity index (χ0n) is 15.3. The summed E-state index contributed by atoms with van der Waals surface area (Å²) in [5.41, 5.74) is -2.29. The van der Waals surface area contributed by atoms with Gasteiger partial charge in [-0.05, 0) is 17.7 Å². The second kappa shape index (κ2) is 8.30. The van der Waals surface area contributed by atoms with Gasteiger partial charge in [-0.2, -0.15) is 23.1 Å². The number of benzene rings is 1. The van der Waals surface area contributed by atoms with Crippen LogP contribution in [0.3, 0.4) is 0 Å². The van der Waals surface area contributed by atoms with Crippen molar-refractivity contribution in [2.45, 2.75) is 12.3 Å². The Bertz CT molecular complexity index is 873. The van der Waals surface area contributed by atoms with Crippen LogP contribution < -0.4 is 14.2 Å². The molecule has 0 aliphatic heterocycles. The summed E-state index contributed by atoms with van der Waals surface area (Å²) in [5.74, 6) is -1.20. The van der Waals surface area contributed by atoms with E-state index in [4.69, 9.17) is 9.47 Å². The fraction of sp³-hybridized carbons (Fsp3) is 0.353. The average Bonchev–Trinajstić information content (AvgIpc) is 2.70. The molecule has 0 spiro atoms. The van der Waals surface area contributed by atoms with Crippen LogP contribution in [-0.2, 0) is 10.9 Å². The first-order valence-electron chi connectivity index (χ1n) is 7.69. The highest BCUT2D eigenvalue weighted by atomic mass is 19.4. The van der Waals surface area contributed by atoms with Gasteiger partial charge in [0.25, 0.3) is 0 Å². The summed E-state index contributed by atoms with van der Waals surface area (Å²) in [4.78, 5) is 18.9. The molecular weight excluding hydrogens is 385 g/mol. The second-order valence-corrected chi connectivity index (χ2v) is 5.33. The number of aromatic nitrogens is 2. The summed E-state index contributed by atoms with van der Waals surface area (Å²) >= 11 is 0. The lowest BCUT2D eigenvalue weighted by Gasteiger charge is -2.20. The van der Waals surface area contributed by atoms with Gasteiger partial charge >= 0.3 is 18.2 Å². The lowest BCUT2D eigenvalue weighted by Crippen LogP contribution is -2.18. The zero-order valence-corrected chi connectivity index (χ0v) is 15.3. The van der Waals surface area contributed by atoms with Gasteiger partial charge in [-0.15, -0.1) is 0 Å². The van der Waals surface area contributed by atoms with E-state index in [1.54, 1.807) is 0 Å². The maximum absolute atomic E-state index is 13.5. The molecular formula is C17H17F3N2O6. The van der Waals surface area contributed by atoms with Crippen LogP contribution in [0.2, 0.25) is 0 Å². The maximum Gasteiger partial charge on any atom is 0.434 e. The predicted octanol–water partition coefficient (Wildman–Crippen LogP) is 2.39. The van der Waals surface area contributed by atoms with Gasteiger partial charge in [-0.3, -0.25) is 0 Å². The molecule has 2 rings (SSSR count). The van der Waals surface area contributed by atoms with Crippen molar-refractivity contribution < 1.29 is 42.0 Å². The molecule has 0 amide bonds. The molecule has 152 valence electrons. The van der Waals surface area contributed by atoms with Crippen LogP contribution in [0, 0.1) is 0 Å². The highest BCUT2D eigenvalue weighted by molar-refractivity contribution is 5.92. The van der Waals surface area contributed by atoms with Gasteiger partial charge in [0.2, 0.25) is 5.88 Å². The molecule has 8 nitrogen and oxygen atoms in total. The fourth-order valence-corrected chi connectivity index (χ4v) is 2.47. The van der Waals surface area contributed by atoms with Gasteiger partial charge in [-0.1, -0.05) is 6.07 Å². The number of rotatable bonds is 6. The van der Waals surface area contributed by atoms with Crippen molar-refractivity contribution in [2.75, 3.05) is 28.4 Å². The van der Waals surface area contributed by atoms with Crippen molar-refractivity contribution in [3.05, 3.63) is 40.6 Å². The number of carbonyl (C=O) groups is 1. The number of carbonyl (C=O) groups excluding carboxylic acids is 1. The monoisotopic (exact) mass is 402 g/mol. The average molecular weight is 402 g/mol. The first-order chi connectivity index (χ1) is 13.2. The van der Waals surface area contributed by atoms with Gasteiger partial charge in [0, 0.05) is 0 Å². The van der Waals surface area contributed by atoms with E-state index in [-0.39, 0.29) is 16.9 Å². The molecule has 0 aliphatic rings. The van der Waals surface area contributed by atoms with E-state index in [9.17, 15) is 23.1 Å². The topological polar surface area (TPSA) is 100 Å². The molecule has 1 heterocycles. The Balaban J connectivity index is 2.69. The van der Waals surface area contributed by atoms with E-state index in [1.165, 1.54) is 19.2 Å². The highest BCUT2D eigenvalue weighted by Gasteiger charge is 2.41. The summed E-state index contributed by atoms with van der Waals surface area (Å²) in [5, 5.41) is 10.7. The first-order valence-corrected chi connectivity index (χ1v) is 7.69. The Labute approximate surface area is 157 Å². The molecule has 1 atom stereocenters. The Morgan fingerprint density at radius 3 is 2.25 bits per heavy atom. The predicted molar refractivity (Wildman–Crippen MR) is 88.5 cm³/mol. The summed E-state index contributed by atoms with van der Waals surface area (Å²) in [6.07, 6.45) is -6.80. The van der Waals surface area contributed by atoms with Gasteiger partial charge in [0.1, 0.15) is 17.4 Å². The number of alkyl halides is 3. The van der Waals surface area contributed by atoms with Crippen LogP contribution in [0.5, 0.6) is 17.6 Å². The third kappa shape index (κ3) is 4.09. The first kappa shape index (κ1) is 21.2. The molecule has 2 aromatic rings. The van der Waals surface area contributed by atoms with Crippen LogP contribution in [0.4, 0.5) is 13.2 Å². The van der Waals surface area contributed by atoms with E-state index in [2.05, 4.69) is 19.4 Å². The summed E-state index contributed by atoms with van der Waals surface area (Å²) in [6.45, 7) is 0. The van der Waals surface area contributed by atoms with Gasteiger partial charge in [0.05, 0.1) is 34.0 Å². The lowest BCUT2D eigenvalue weighted by atomic mass is 9.98. The van der Waals surface area contributed by atoms with E-state index in [1.807, 2.05) is 0 Å². The summed E-state index contributed by atoms with van der Waals surface area (Å²) in [6, 6.07) is 3.18. The van der Waals surface area contributed by atoms with E-state index in [0.29, 0.717) is 0 Å². The molecule has 11 heteroatoms. The molecule has 1 unspecified atom stereocenters. The summed E-state index contributed by atoms with van der Waals surface area (Å²) < 4.78 is 59.8. The lowest BCUT2D eigenvalue weighted by molar-refractivity contribution is -0.143. The molecule has 1 aromatic heterocycles. The fourth-order valence-electron chi connectivity index (χ4n) is 2.47. The minimum absolute atomic E-state index is 0.0567. The van der Waals surface area contributed by atoms with Crippen LogP contribution in [-0.4, -0.2) is 49.5 Å². The number of ether oxygens (including phenoxy) is 4. The molecule has 0 saturated carbocycles. The number of aliphatic hydroxyl groups excluding tert-OH is 1. The normalized spacial score (nSPS) is 12.3. The smallest absolute Gasteiger partial charge is 0.434 e. The van der Waals surface area contributed by atoms with Crippen molar-refractivity contribution in [3.63, 3.8) is 0 Å². The number of halogens is 3. The molecule has 0 fully saturated rings. The number of esters is 1.